The van der Waals surface area contributed by atoms with E-state index in [1.54, 1.807) is 0 Å². The van der Waals surface area contributed by atoms with Crippen molar-refractivity contribution in [1.82, 2.24) is 10.6 Å². The Bertz CT molecular complexity index is 1050. The predicted octanol–water partition coefficient (Wildman–Crippen LogP) is 4.56. The second-order valence-electron chi connectivity index (χ2n) is 9.85. The van der Waals surface area contributed by atoms with Gasteiger partial charge in [-0.15, -0.1) is 0 Å². The molecule has 2 amide bonds. The zero-order chi connectivity index (χ0) is 25.8. The molecule has 0 spiro atoms. The number of carbonyl (C=O) groups excluding carboxylic acids is 2. The van der Waals surface area contributed by atoms with Crippen molar-refractivity contribution in [3.63, 3.8) is 0 Å². The summed E-state index contributed by atoms with van der Waals surface area (Å²) in [5.74, 6) is -7.42. The van der Waals surface area contributed by atoms with Crippen LogP contribution in [-0.4, -0.2) is 48.2 Å². The molecular formula is C26H30F2N2O5. The summed E-state index contributed by atoms with van der Waals surface area (Å²) >= 11 is 0. The van der Waals surface area contributed by atoms with E-state index < -0.39 is 36.5 Å². The molecule has 1 atom stereocenters. The fourth-order valence-corrected chi connectivity index (χ4v) is 4.01. The van der Waals surface area contributed by atoms with Gasteiger partial charge in [0, 0.05) is 5.92 Å². The maximum atomic E-state index is 14.3. The number of carboxylic acid groups (broad SMARTS) is 1. The first-order valence-corrected chi connectivity index (χ1v) is 11.4. The molecular weight excluding hydrogens is 458 g/mol. The maximum absolute atomic E-state index is 14.3. The van der Waals surface area contributed by atoms with Gasteiger partial charge in [0.05, 0.1) is 6.54 Å². The largest absolute Gasteiger partial charge is 0.480 e. The molecule has 0 bridgehead atoms. The molecule has 35 heavy (non-hydrogen) atoms. The van der Waals surface area contributed by atoms with Gasteiger partial charge in [0.1, 0.15) is 12.6 Å². The number of ether oxygens (including phenoxy) is 1. The lowest BCUT2D eigenvalue weighted by molar-refractivity contribution is -0.150. The second kappa shape index (κ2) is 10.4. The third-order valence-corrected chi connectivity index (χ3v) is 5.92. The van der Waals surface area contributed by atoms with Crippen LogP contribution in [0.15, 0.2) is 48.5 Å². The molecule has 0 saturated heterocycles. The number of hydrogen-bond acceptors (Lipinski definition) is 4. The first kappa shape index (κ1) is 26.1. The van der Waals surface area contributed by atoms with Gasteiger partial charge in [0.15, 0.2) is 0 Å². The summed E-state index contributed by atoms with van der Waals surface area (Å²) in [6, 6.07) is 13.9. The van der Waals surface area contributed by atoms with E-state index in [1.165, 1.54) is 0 Å². The average Bonchev–Trinajstić information content (AvgIpc) is 3.12. The van der Waals surface area contributed by atoms with Crippen LogP contribution < -0.4 is 10.6 Å². The second-order valence-corrected chi connectivity index (χ2v) is 9.85. The quantitative estimate of drug-likeness (QED) is 0.480. The molecule has 1 aliphatic rings. The summed E-state index contributed by atoms with van der Waals surface area (Å²) in [7, 11) is 0. The summed E-state index contributed by atoms with van der Waals surface area (Å²) < 4.78 is 33.9. The Kier molecular flexibility index (Phi) is 7.77. The lowest BCUT2D eigenvalue weighted by atomic mass is 9.88. The average molecular weight is 489 g/mol. The molecule has 0 heterocycles. The van der Waals surface area contributed by atoms with Crippen LogP contribution in [0.2, 0.25) is 0 Å². The topological polar surface area (TPSA) is 105 Å². The van der Waals surface area contributed by atoms with Crippen LogP contribution in [0.4, 0.5) is 13.6 Å². The molecule has 0 radical (unpaired) electrons. The predicted molar refractivity (Wildman–Crippen MR) is 126 cm³/mol. The lowest BCUT2D eigenvalue weighted by Gasteiger charge is -2.23. The molecule has 9 heteroatoms. The summed E-state index contributed by atoms with van der Waals surface area (Å²) in [5.41, 5.74) is 3.77. The van der Waals surface area contributed by atoms with Gasteiger partial charge in [0.2, 0.25) is 0 Å². The minimum Gasteiger partial charge on any atom is -0.480 e. The molecule has 2 aromatic rings. The maximum Gasteiger partial charge on any atom is 0.407 e. The van der Waals surface area contributed by atoms with Crippen molar-refractivity contribution in [3.8, 4) is 11.1 Å². The number of hydrogen-bond donors (Lipinski definition) is 3. The van der Waals surface area contributed by atoms with E-state index in [-0.39, 0.29) is 24.4 Å². The SMILES string of the molecule is CC(C)(C)CCC(NC(=O)C(F)(F)CNC(=O)OCC1c2ccccc2-c2ccccc21)C(=O)O. The fraction of sp³-hybridized carbons (Fsp3) is 0.423. The lowest BCUT2D eigenvalue weighted by Crippen LogP contribution is -2.52. The first-order valence-electron chi connectivity index (χ1n) is 11.4. The Hall–Kier alpha value is -3.49. The monoisotopic (exact) mass is 488 g/mol. The van der Waals surface area contributed by atoms with Gasteiger partial charge in [0.25, 0.3) is 5.91 Å². The van der Waals surface area contributed by atoms with Crippen molar-refractivity contribution in [2.24, 2.45) is 5.41 Å². The highest BCUT2D eigenvalue weighted by Crippen LogP contribution is 2.44. The molecule has 1 aliphatic carbocycles. The van der Waals surface area contributed by atoms with Crippen LogP contribution in [0.1, 0.15) is 50.7 Å². The number of nitrogens with one attached hydrogen (secondary N) is 2. The van der Waals surface area contributed by atoms with Crippen molar-refractivity contribution < 1.29 is 33.0 Å². The number of carboxylic acids is 1. The Morgan fingerprint density at radius 1 is 1.00 bits per heavy atom. The van der Waals surface area contributed by atoms with Crippen molar-refractivity contribution in [3.05, 3.63) is 59.7 Å². The highest BCUT2D eigenvalue weighted by molar-refractivity contribution is 5.88. The van der Waals surface area contributed by atoms with Gasteiger partial charge in [-0.3, -0.25) is 4.79 Å². The molecule has 188 valence electrons. The van der Waals surface area contributed by atoms with E-state index in [0.29, 0.717) is 6.42 Å². The van der Waals surface area contributed by atoms with E-state index in [9.17, 15) is 28.3 Å². The van der Waals surface area contributed by atoms with Gasteiger partial charge in [-0.25, -0.2) is 9.59 Å². The summed E-state index contributed by atoms with van der Waals surface area (Å²) in [5, 5.41) is 13.1. The van der Waals surface area contributed by atoms with E-state index in [1.807, 2.05) is 79.9 Å². The van der Waals surface area contributed by atoms with Crippen molar-refractivity contribution in [2.45, 2.75) is 51.5 Å². The van der Waals surface area contributed by atoms with Gasteiger partial charge < -0.3 is 20.5 Å². The number of alkyl halides is 2. The number of halogens is 2. The molecule has 0 fully saturated rings. The summed E-state index contributed by atoms with van der Waals surface area (Å²) in [6.45, 7) is 4.24. The number of rotatable bonds is 9. The van der Waals surface area contributed by atoms with Gasteiger partial charge in [-0.1, -0.05) is 69.3 Å². The molecule has 1 unspecified atom stereocenters. The molecule has 0 saturated carbocycles. The van der Waals surface area contributed by atoms with E-state index in [0.717, 1.165) is 22.3 Å². The number of fused-ring (bicyclic) bond motifs is 3. The van der Waals surface area contributed by atoms with Gasteiger partial charge in [-0.05, 0) is 40.5 Å². The Balaban J connectivity index is 1.54. The number of amides is 2. The van der Waals surface area contributed by atoms with Crippen LogP contribution in [0.5, 0.6) is 0 Å². The van der Waals surface area contributed by atoms with Crippen LogP contribution in [0.25, 0.3) is 11.1 Å². The van der Waals surface area contributed by atoms with Crippen LogP contribution in [0.3, 0.4) is 0 Å². The van der Waals surface area contributed by atoms with E-state index in [4.69, 9.17) is 4.74 Å². The van der Waals surface area contributed by atoms with Crippen molar-refractivity contribution in [2.75, 3.05) is 13.2 Å². The van der Waals surface area contributed by atoms with Crippen LogP contribution >= 0.6 is 0 Å². The normalized spacial score (nSPS) is 14.0. The van der Waals surface area contributed by atoms with Crippen LogP contribution in [-0.2, 0) is 14.3 Å². The minimum atomic E-state index is -4.01. The third kappa shape index (κ3) is 6.55. The Labute approximate surface area is 202 Å². The van der Waals surface area contributed by atoms with Crippen LogP contribution in [0, 0.1) is 5.41 Å². The Morgan fingerprint density at radius 3 is 2.06 bits per heavy atom. The number of aliphatic carboxylic acids is 1. The standard InChI is InChI=1S/C26H30F2N2O5/c1-25(2,3)13-12-21(22(31)32)30-23(33)26(27,28)15-29-24(34)35-14-20-18-10-6-4-8-16(18)17-9-5-7-11-19(17)20/h4-11,20-21H,12-15H2,1-3H3,(H,29,34)(H,30,33)(H,31,32). The third-order valence-electron chi connectivity index (χ3n) is 5.92. The van der Waals surface area contributed by atoms with Gasteiger partial charge in [-0.2, -0.15) is 8.78 Å². The summed E-state index contributed by atoms with van der Waals surface area (Å²) in [6.07, 6.45) is -0.685. The Morgan fingerprint density at radius 2 is 1.54 bits per heavy atom. The molecule has 0 aliphatic heterocycles. The first-order chi connectivity index (χ1) is 16.4. The minimum absolute atomic E-state index is 0.000457. The molecule has 3 rings (SSSR count). The zero-order valence-corrected chi connectivity index (χ0v) is 19.9. The van der Waals surface area contributed by atoms with E-state index >= 15 is 0 Å². The van der Waals surface area contributed by atoms with Gasteiger partial charge >= 0.3 is 18.0 Å². The molecule has 0 aromatic heterocycles. The number of alkyl carbamates (subject to hydrolysis) is 1. The van der Waals surface area contributed by atoms with Crippen molar-refractivity contribution in [1.29, 1.82) is 0 Å². The fourth-order valence-electron chi connectivity index (χ4n) is 4.01. The van der Waals surface area contributed by atoms with Crippen molar-refractivity contribution >= 4 is 18.0 Å². The summed E-state index contributed by atoms with van der Waals surface area (Å²) in [4.78, 5) is 35.6. The number of benzene rings is 2. The molecule has 7 nitrogen and oxygen atoms in total. The highest BCUT2D eigenvalue weighted by atomic mass is 19.3. The molecule has 2 aromatic carbocycles. The smallest absolute Gasteiger partial charge is 0.407 e. The number of carbonyl (C=O) groups is 3. The van der Waals surface area contributed by atoms with E-state index in [2.05, 4.69) is 0 Å². The molecule has 3 N–H and O–H groups in total. The highest BCUT2D eigenvalue weighted by Gasteiger charge is 2.41. The zero-order valence-electron chi connectivity index (χ0n) is 19.9.